The second-order valence-electron chi connectivity index (χ2n) is 8.18. The van der Waals surface area contributed by atoms with Crippen LogP contribution in [0.3, 0.4) is 0 Å². The standard InChI is InChI=1S/C24H31FN4O/c1-18-23(19(2)29(27-18)16-5-15-26)12-13-24(30)28(22-6-3-4-7-22)17-14-20-8-10-21(25)11-9-20/h8-11,22H,3-7,12-14,16-17H2,1-2H3. The molecule has 0 unspecified atom stereocenters. The Hall–Kier alpha value is -2.68. The smallest absolute Gasteiger partial charge is 0.223 e. The Bertz CT molecular complexity index is 891. The average Bonchev–Trinajstić information content (AvgIpc) is 3.35. The van der Waals surface area contributed by atoms with Gasteiger partial charge in [-0.2, -0.15) is 10.4 Å². The third-order valence-electron chi connectivity index (χ3n) is 6.20. The summed E-state index contributed by atoms with van der Waals surface area (Å²) >= 11 is 0. The molecule has 160 valence electrons. The molecule has 30 heavy (non-hydrogen) atoms. The van der Waals surface area contributed by atoms with Crippen LogP contribution in [0.15, 0.2) is 24.3 Å². The SMILES string of the molecule is Cc1nn(CCC#N)c(C)c1CCC(=O)N(CCc1ccc(F)cc1)C1CCCC1. The maximum atomic E-state index is 13.2. The van der Waals surface area contributed by atoms with E-state index in [0.29, 0.717) is 38.4 Å². The molecule has 1 aromatic carbocycles. The first-order chi connectivity index (χ1) is 14.5. The van der Waals surface area contributed by atoms with Crippen molar-refractivity contribution < 1.29 is 9.18 Å². The molecule has 1 fully saturated rings. The molecule has 0 radical (unpaired) electrons. The molecule has 0 saturated heterocycles. The number of aromatic nitrogens is 2. The van der Waals surface area contributed by atoms with Crippen molar-refractivity contribution in [1.82, 2.24) is 14.7 Å². The highest BCUT2D eigenvalue weighted by Crippen LogP contribution is 2.25. The molecule has 0 spiro atoms. The van der Waals surface area contributed by atoms with E-state index < -0.39 is 0 Å². The molecule has 1 amide bonds. The normalized spacial score (nSPS) is 14.1. The van der Waals surface area contributed by atoms with E-state index in [1.807, 2.05) is 18.5 Å². The molecule has 2 aromatic rings. The van der Waals surface area contributed by atoms with Crippen molar-refractivity contribution in [2.75, 3.05) is 6.54 Å². The lowest BCUT2D eigenvalue weighted by Crippen LogP contribution is -2.40. The summed E-state index contributed by atoms with van der Waals surface area (Å²) in [5.41, 5.74) is 4.16. The average molecular weight is 411 g/mol. The van der Waals surface area contributed by atoms with Crippen molar-refractivity contribution in [2.24, 2.45) is 0 Å². The molecule has 1 aromatic heterocycles. The van der Waals surface area contributed by atoms with Crippen molar-refractivity contribution >= 4 is 5.91 Å². The van der Waals surface area contributed by atoms with Crippen molar-refractivity contribution in [3.8, 4) is 6.07 Å². The molecule has 1 heterocycles. The minimum Gasteiger partial charge on any atom is -0.339 e. The number of carbonyl (C=O) groups is 1. The summed E-state index contributed by atoms with van der Waals surface area (Å²) in [5.74, 6) is -0.0453. The lowest BCUT2D eigenvalue weighted by atomic mass is 10.1. The highest BCUT2D eigenvalue weighted by atomic mass is 19.1. The first-order valence-corrected chi connectivity index (χ1v) is 10.9. The van der Waals surface area contributed by atoms with Crippen LogP contribution in [0.2, 0.25) is 0 Å². The number of halogens is 1. The fourth-order valence-corrected chi connectivity index (χ4v) is 4.47. The summed E-state index contributed by atoms with van der Waals surface area (Å²) in [6.07, 6.45) is 6.79. The Labute approximate surface area is 178 Å². The molecule has 3 rings (SSSR count). The third kappa shape index (κ3) is 5.47. The summed E-state index contributed by atoms with van der Waals surface area (Å²) in [5, 5.41) is 13.4. The number of hydrogen-bond acceptors (Lipinski definition) is 3. The number of carbonyl (C=O) groups excluding carboxylic acids is 1. The van der Waals surface area contributed by atoms with E-state index in [0.717, 1.165) is 41.8 Å². The van der Waals surface area contributed by atoms with E-state index >= 15 is 0 Å². The van der Waals surface area contributed by atoms with Gasteiger partial charge in [-0.05, 0) is 62.8 Å². The van der Waals surface area contributed by atoms with Crippen LogP contribution in [0.4, 0.5) is 4.39 Å². The largest absolute Gasteiger partial charge is 0.339 e. The van der Waals surface area contributed by atoms with Crippen molar-refractivity contribution in [1.29, 1.82) is 5.26 Å². The van der Waals surface area contributed by atoms with E-state index in [1.54, 1.807) is 12.1 Å². The fourth-order valence-electron chi connectivity index (χ4n) is 4.47. The molecule has 0 atom stereocenters. The molecular formula is C24H31FN4O. The molecule has 1 aliphatic carbocycles. The van der Waals surface area contributed by atoms with E-state index in [2.05, 4.69) is 16.1 Å². The number of aryl methyl sites for hydroxylation is 2. The Morgan fingerprint density at radius 1 is 1.23 bits per heavy atom. The van der Waals surface area contributed by atoms with Gasteiger partial charge in [0.2, 0.25) is 5.91 Å². The van der Waals surface area contributed by atoms with Crippen molar-refractivity contribution in [2.45, 2.75) is 77.8 Å². The fraction of sp³-hybridized carbons (Fsp3) is 0.542. The highest BCUT2D eigenvalue weighted by molar-refractivity contribution is 5.77. The van der Waals surface area contributed by atoms with Gasteiger partial charge in [-0.3, -0.25) is 9.48 Å². The van der Waals surface area contributed by atoms with Gasteiger partial charge in [0.25, 0.3) is 0 Å². The van der Waals surface area contributed by atoms with Gasteiger partial charge in [0.05, 0.1) is 24.7 Å². The Morgan fingerprint density at radius 2 is 1.93 bits per heavy atom. The maximum absolute atomic E-state index is 13.2. The quantitative estimate of drug-likeness (QED) is 0.611. The summed E-state index contributed by atoms with van der Waals surface area (Å²) < 4.78 is 15.0. The van der Waals surface area contributed by atoms with Gasteiger partial charge in [0.1, 0.15) is 5.82 Å². The van der Waals surface area contributed by atoms with Crippen molar-refractivity contribution in [3.63, 3.8) is 0 Å². The zero-order chi connectivity index (χ0) is 21.5. The summed E-state index contributed by atoms with van der Waals surface area (Å²) in [4.78, 5) is 15.2. The number of amides is 1. The summed E-state index contributed by atoms with van der Waals surface area (Å²) in [6, 6.07) is 9.03. The summed E-state index contributed by atoms with van der Waals surface area (Å²) in [6.45, 7) is 5.25. The molecule has 0 N–H and O–H groups in total. The number of nitriles is 1. The zero-order valence-electron chi connectivity index (χ0n) is 18.0. The molecule has 1 aliphatic rings. The highest BCUT2D eigenvalue weighted by Gasteiger charge is 2.26. The first-order valence-electron chi connectivity index (χ1n) is 10.9. The van der Waals surface area contributed by atoms with Crippen LogP contribution in [0.25, 0.3) is 0 Å². The Morgan fingerprint density at radius 3 is 2.60 bits per heavy atom. The second-order valence-corrected chi connectivity index (χ2v) is 8.18. The Kier molecular flexibility index (Phi) is 7.62. The van der Waals surface area contributed by atoms with Gasteiger partial charge in [-0.15, -0.1) is 0 Å². The second kappa shape index (κ2) is 10.4. The van der Waals surface area contributed by atoms with Crippen LogP contribution in [0, 0.1) is 31.0 Å². The first kappa shape index (κ1) is 22.0. The molecule has 0 aliphatic heterocycles. The van der Waals surface area contributed by atoms with Crippen LogP contribution < -0.4 is 0 Å². The predicted molar refractivity (Wildman–Crippen MR) is 114 cm³/mol. The van der Waals surface area contributed by atoms with E-state index in [4.69, 9.17) is 5.26 Å². The monoisotopic (exact) mass is 410 g/mol. The lowest BCUT2D eigenvalue weighted by Gasteiger charge is -2.29. The minimum absolute atomic E-state index is 0.188. The summed E-state index contributed by atoms with van der Waals surface area (Å²) in [7, 11) is 0. The van der Waals surface area contributed by atoms with Crippen LogP contribution in [-0.2, 0) is 24.2 Å². The molecular weight excluding hydrogens is 379 g/mol. The van der Waals surface area contributed by atoms with Crippen LogP contribution in [0.1, 0.15) is 61.0 Å². The number of rotatable bonds is 9. The zero-order valence-corrected chi connectivity index (χ0v) is 18.0. The number of benzene rings is 1. The molecule has 1 saturated carbocycles. The lowest BCUT2D eigenvalue weighted by molar-refractivity contribution is -0.133. The van der Waals surface area contributed by atoms with Crippen LogP contribution >= 0.6 is 0 Å². The predicted octanol–water partition coefficient (Wildman–Crippen LogP) is 4.50. The number of hydrogen-bond donors (Lipinski definition) is 0. The van der Waals surface area contributed by atoms with Gasteiger partial charge in [0, 0.05) is 24.7 Å². The third-order valence-corrected chi connectivity index (χ3v) is 6.20. The van der Waals surface area contributed by atoms with Gasteiger partial charge >= 0.3 is 0 Å². The topological polar surface area (TPSA) is 61.9 Å². The van der Waals surface area contributed by atoms with Crippen LogP contribution in [0.5, 0.6) is 0 Å². The van der Waals surface area contributed by atoms with E-state index in [1.165, 1.54) is 25.0 Å². The Balaban J connectivity index is 1.64. The van der Waals surface area contributed by atoms with Crippen molar-refractivity contribution in [3.05, 3.63) is 52.6 Å². The van der Waals surface area contributed by atoms with Gasteiger partial charge in [0.15, 0.2) is 0 Å². The van der Waals surface area contributed by atoms with Crippen LogP contribution in [-0.4, -0.2) is 33.2 Å². The van der Waals surface area contributed by atoms with E-state index in [-0.39, 0.29) is 11.7 Å². The molecule has 5 nitrogen and oxygen atoms in total. The maximum Gasteiger partial charge on any atom is 0.223 e. The number of nitrogens with zero attached hydrogens (tertiary/aromatic N) is 4. The molecule has 0 bridgehead atoms. The van der Waals surface area contributed by atoms with Gasteiger partial charge < -0.3 is 4.90 Å². The minimum atomic E-state index is -0.233. The molecule has 6 heteroatoms. The van der Waals surface area contributed by atoms with E-state index in [9.17, 15) is 9.18 Å². The van der Waals surface area contributed by atoms with Gasteiger partial charge in [-0.25, -0.2) is 4.39 Å². The van der Waals surface area contributed by atoms with Gasteiger partial charge in [-0.1, -0.05) is 25.0 Å².